The third kappa shape index (κ3) is 3.76. The molecule has 1 atom stereocenters. The van der Waals surface area contributed by atoms with Gasteiger partial charge in [-0.15, -0.1) is 0 Å². The number of nitrogens with zero attached hydrogens (tertiary/aromatic N) is 4. The molecule has 30 heavy (non-hydrogen) atoms. The highest BCUT2D eigenvalue weighted by molar-refractivity contribution is 5.96. The highest BCUT2D eigenvalue weighted by Crippen LogP contribution is 2.30. The van der Waals surface area contributed by atoms with Crippen molar-refractivity contribution in [2.45, 2.75) is 46.1 Å². The van der Waals surface area contributed by atoms with Gasteiger partial charge in [0, 0.05) is 50.0 Å². The molecule has 2 aromatic heterocycles. The van der Waals surface area contributed by atoms with Crippen LogP contribution in [-0.2, 0) is 11.3 Å². The number of carbonyl (C=O) groups is 2. The summed E-state index contributed by atoms with van der Waals surface area (Å²) in [6.45, 7) is 10.7. The zero-order valence-corrected chi connectivity index (χ0v) is 18.1. The van der Waals surface area contributed by atoms with Crippen LogP contribution >= 0.6 is 0 Å². The number of morpholine rings is 1. The van der Waals surface area contributed by atoms with Crippen LogP contribution in [0.25, 0.3) is 0 Å². The molecule has 0 aliphatic carbocycles. The van der Waals surface area contributed by atoms with Gasteiger partial charge in [-0.3, -0.25) is 14.7 Å². The van der Waals surface area contributed by atoms with Crippen LogP contribution in [-0.4, -0.2) is 75.8 Å². The quantitative estimate of drug-likeness (QED) is 0.834. The predicted octanol–water partition coefficient (Wildman–Crippen LogP) is 2.34. The Morgan fingerprint density at radius 1 is 1.13 bits per heavy atom. The molecule has 0 aromatic carbocycles. The van der Waals surface area contributed by atoms with Gasteiger partial charge in [-0.2, -0.15) is 5.10 Å². The van der Waals surface area contributed by atoms with Gasteiger partial charge in [0.15, 0.2) is 0 Å². The van der Waals surface area contributed by atoms with E-state index in [4.69, 9.17) is 4.74 Å². The third-order valence-electron chi connectivity index (χ3n) is 6.43. The summed E-state index contributed by atoms with van der Waals surface area (Å²) >= 11 is 0. The van der Waals surface area contributed by atoms with Crippen LogP contribution in [0.1, 0.15) is 63.5 Å². The fourth-order valence-electron chi connectivity index (χ4n) is 4.79. The van der Waals surface area contributed by atoms with Crippen molar-refractivity contribution in [3.8, 4) is 0 Å². The zero-order chi connectivity index (χ0) is 21.3. The fourth-order valence-corrected chi connectivity index (χ4v) is 4.79. The number of rotatable bonds is 4. The Morgan fingerprint density at radius 2 is 1.87 bits per heavy atom. The molecule has 2 aromatic rings. The van der Waals surface area contributed by atoms with Crippen molar-refractivity contribution in [1.29, 1.82) is 0 Å². The van der Waals surface area contributed by atoms with E-state index in [1.807, 2.05) is 29.7 Å². The van der Waals surface area contributed by atoms with Crippen LogP contribution in [0.15, 0.2) is 12.3 Å². The van der Waals surface area contributed by atoms with Crippen molar-refractivity contribution in [1.82, 2.24) is 24.6 Å². The van der Waals surface area contributed by atoms with E-state index in [0.29, 0.717) is 38.4 Å². The lowest BCUT2D eigenvalue weighted by molar-refractivity contribution is 0.0301. The molecule has 8 heteroatoms. The second-order valence-electron chi connectivity index (χ2n) is 8.22. The second kappa shape index (κ2) is 8.63. The highest BCUT2D eigenvalue weighted by atomic mass is 16.5. The zero-order valence-electron chi connectivity index (χ0n) is 18.1. The van der Waals surface area contributed by atoms with Crippen LogP contribution in [0.3, 0.4) is 0 Å². The lowest BCUT2D eigenvalue weighted by Gasteiger charge is -2.33. The molecule has 8 nitrogen and oxygen atoms in total. The minimum Gasteiger partial charge on any atom is -0.378 e. The van der Waals surface area contributed by atoms with Crippen molar-refractivity contribution in [2.24, 2.45) is 0 Å². The van der Waals surface area contributed by atoms with E-state index >= 15 is 0 Å². The number of ether oxygens (including phenoxy) is 1. The van der Waals surface area contributed by atoms with E-state index in [0.717, 1.165) is 48.6 Å². The van der Waals surface area contributed by atoms with Crippen molar-refractivity contribution < 1.29 is 14.3 Å². The van der Waals surface area contributed by atoms with Crippen molar-refractivity contribution >= 4 is 11.8 Å². The molecule has 0 unspecified atom stereocenters. The molecule has 0 saturated carbocycles. The molecular formula is C22H31N5O3. The molecule has 2 aliphatic rings. The Morgan fingerprint density at radius 3 is 2.57 bits per heavy atom. The van der Waals surface area contributed by atoms with Gasteiger partial charge in [-0.25, -0.2) is 0 Å². The molecule has 0 spiro atoms. The topological polar surface area (TPSA) is 83.5 Å². The van der Waals surface area contributed by atoms with E-state index < -0.39 is 0 Å². The maximum Gasteiger partial charge on any atom is 0.257 e. The molecule has 1 N–H and O–H groups in total. The number of hydrogen-bond donors (Lipinski definition) is 1. The average Bonchev–Trinajstić information content (AvgIpc) is 3.37. The van der Waals surface area contributed by atoms with Gasteiger partial charge in [0.2, 0.25) is 0 Å². The smallest absolute Gasteiger partial charge is 0.257 e. The largest absolute Gasteiger partial charge is 0.378 e. The molecule has 162 valence electrons. The normalized spacial score (nSPS) is 19.9. The summed E-state index contributed by atoms with van der Waals surface area (Å²) < 4.78 is 7.53. The SMILES string of the molecule is CCn1c(C)cc(C(=O)N2CCC[C@@H](c3[nH]ncc3C(=O)N3CCOCC3)C2)c1C. The number of H-pyrrole nitrogens is 1. The van der Waals surface area contributed by atoms with Gasteiger partial charge >= 0.3 is 0 Å². The molecule has 4 heterocycles. The molecule has 0 radical (unpaired) electrons. The number of carbonyl (C=O) groups excluding carboxylic acids is 2. The first-order chi connectivity index (χ1) is 14.5. The molecule has 2 aliphatic heterocycles. The van der Waals surface area contributed by atoms with E-state index in [1.54, 1.807) is 6.20 Å². The van der Waals surface area contributed by atoms with Crippen molar-refractivity contribution in [3.05, 3.63) is 40.5 Å². The standard InChI is InChI=1S/C22H31N5O3/c1-4-27-15(2)12-18(16(27)3)21(28)26-7-5-6-17(14-26)20-19(13-23-24-20)22(29)25-8-10-30-11-9-25/h12-13,17H,4-11,14H2,1-3H3,(H,23,24)/t17-/m1/s1. The number of aromatic amines is 1. The summed E-state index contributed by atoms with van der Waals surface area (Å²) in [5.74, 6) is 0.157. The molecular weight excluding hydrogens is 382 g/mol. The monoisotopic (exact) mass is 413 g/mol. The van der Waals surface area contributed by atoms with Crippen LogP contribution in [0, 0.1) is 13.8 Å². The van der Waals surface area contributed by atoms with E-state index in [2.05, 4.69) is 21.7 Å². The number of likely N-dealkylation sites (tertiary alicyclic amines) is 1. The minimum absolute atomic E-state index is 0.00279. The number of hydrogen-bond acceptors (Lipinski definition) is 4. The number of amides is 2. The summed E-state index contributed by atoms with van der Waals surface area (Å²) in [6, 6.07) is 1.99. The first kappa shape index (κ1) is 20.7. The van der Waals surface area contributed by atoms with Crippen LogP contribution in [0.2, 0.25) is 0 Å². The van der Waals surface area contributed by atoms with Crippen LogP contribution in [0.4, 0.5) is 0 Å². The lowest BCUT2D eigenvalue weighted by Crippen LogP contribution is -2.42. The first-order valence-electron chi connectivity index (χ1n) is 10.9. The molecule has 0 bridgehead atoms. The Bertz CT molecular complexity index is 925. The predicted molar refractivity (Wildman–Crippen MR) is 113 cm³/mol. The Balaban J connectivity index is 1.52. The first-order valence-corrected chi connectivity index (χ1v) is 10.9. The maximum absolute atomic E-state index is 13.3. The molecule has 2 amide bonds. The summed E-state index contributed by atoms with van der Waals surface area (Å²) in [4.78, 5) is 30.0. The van der Waals surface area contributed by atoms with Gasteiger partial charge in [-0.05, 0) is 39.7 Å². The molecule has 4 rings (SSSR count). The van der Waals surface area contributed by atoms with Gasteiger partial charge in [0.25, 0.3) is 11.8 Å². The Labute approximate surface area is 177 Å². The average molecular weight is 414 g/mol. The summed E-state index contributed by atoms with van der Waals surface area (Å²) in [5, 5.41) is 7.23. The number of nitrogens with one attached hydrogen (secondary N) is 1. The van der Waals surface area contributed by atoms with Crippen LogP contribution in [0.5, 0.6) is 0 Å². The number of aromatic nitrogens is 3. The fraction of sp³-hybridized carbons (Fsp3) is 0.591. The van der Waals surface area contributed by atoms with E-state index in [9.17, 15) is 9.59 Å². The summed E-state index contributed by atoms with van der Waals surface area (Å²) in [5.41, 5.74) is 4.39. The van der Waals surface area contributed by atoms with Crippen LogP contribution < -0.4 is 0 Å². The maximum atomic E-state index is 13.3. The Hall–Kier alpha value is -2.61. The lowest BCUT2D eigenvalue weighted by atomic mass is 9.91. The van der Waals surface area contributed by atoms with Crippen molar-refractivity contribution in [2.75, 3.05) is 39.4 Å². The number of piperidine rings is 1. The minimum atomic E-state index is -0.00279. The van der Waals surface area contributed by atoms with E-state index in [-0.39, 0.29) is 17.7 Å². The van der Waals surface area contributed by atoms with Gasteiger partial charge in [0.1, 0.15) is 0 Å². The van der Waals surface area contributed by atoms with Gasteiger partial charge in [0.05, 0.1) is 36.2 Å². The second-order valence-corrected chi connectivity index (χ2v) is 8.22. The highest BCUT2D eigenvalue weighted by Gasteiger charge is 2.32. The molecule has 2 saturated heterocycles. The van der Waals surface area contributed by atoms with E-state index in [1.165, 1.54) is 0 Å². The van der Waals surface area contributed by atoms with Gasteiger partial charge in [-0.1, -0.05) is 0 Å². The number of aryl methyl sites for hydroxylation is 1. The van der Waals surface area contributed by atoms with Gasteiger partial charge < -0.3 is 19.1 Å². The summed E-state index contributed by atoms with van der Waals surface area (Å²) in [6.07, 6.45) is 3.47. The van der Waals surface area contributed by atoms with Crippen molar-refractivity contribution in [3.63, 3.8) is 0 Å². The molecule has 2 fully saturated rings. The summed E-state index contributed by atoms with van der Waals surface area (Å²) in [7, 11) is 0. The third-order valence-corrected chi connectivity index (χ3v) is 6.43. The Kier molecular flexibility index (Phi) is 5.94.